The summed E-state index contributed by atoms with van der Waals surface area (Å²) in [4.78, 5) is 15.2. The van der Waals surface area contributed by atoms with Crippen LogP contribution in [-0.2, 0) is 11.3 Å². The Morgan fingerprint density at radius 1 is 1.03 bits per heavy atom. The first kappa shape index (κ1) is 23.9. The van der Waals surface area contributed by atoms with Crippen molar-refractivity contribution in [3.05, 3.63) is 48.0 Å². The minimum Gasteiger partial charge on any atom is -0.497 e. The van der Waals surface area contributed by atoms with Crippen molar-refractivity contribution in [1.29, 1.82) is 0 Å². The predicted octanol–water partition coefficient (Wildman–Crippen LogP) is 4.45. The molecule has 1 saturated heterocycles. The van der Waals surface area contributed by atoms with E-state index in [1.54, 1.807) is 21.3 Å². The Balaban J connectivity index is 1.49. The number of hydrogen-bond acceptors (Lipinski definition) is 7. The van der Waals surface area contributed by atoms with E-state index >= 15 is 0 Å². The molecule has 1 fully saturated rings. The van der Waals surface area contributed by atoms with Crippen molar-refractivity contribution in [1.82, 2.24) is 19.7 Å². The van der Waals surface area contributed by atoms with E-state index < -0.39 is 0 Å². The number of amides is 1. The first-order valence-corrected chi connectivity index (χ1v) is 12.3. The van der Waals surface area contributed by atoms with Gasteiger partial charge in [0.1, 0.15) is 17.2 Å². The first-order chi connectivity index (χ1) is 16.6. The van der Waals surface area contributed by atoms with Crippen LogP contribution >= 0.6 is 11.8 Å². The lowest BCUT2D eigenvalue weighted by Gasteiger charge is -2.26. The highest BCUT2D eigenvalue weighted by atomic mass is 32.2. The van der Waals surface area contributed by atoms with Gasteiger partial charge in [-0.05, 0) is 62.2 Å². The molecule has 1 aromatic heterocycles. The number of ether oxygens (including phenoxy) is 3. The summed E-state index contributed by atoms with van der Waals surface area (Å²) in [5, 5.41) is 9.49. The van der Waals surface area contributed by atoms with E-state index in [9.17, 15) is 4.79 Å². The van der Waals surface area contributed by atoms with Crippen LogP contribution < -0.4 is 14.2 Å². The lowest BCUT2D eigenvalue weighted by molar-refractivity contribution is -0.129. The van der Waals surface area contributed by atoms with E-state index in [1.807, 2.05) is 58.9 Å². The molecule has 0 N–H and O–H groups in total. The van der Waals surface area contributed by atoms with Crippen molar-refractivity contribution in [3.63, 3.8) is 0 Å². The topological polar surface area (TPSA) is 78.7 Å². The van der Waals surface area contributed by atoms with Gasteiger partial charge >= 0.3 is 0 Å². The second kappa shape index (κ2) is 10.8. The largest absolute Gasteiger partial charge is 0.497 e. The van der Waals surface area contributed by atoms with Gasteiger partial charge in [-0.25, -0.2) is 0 Å². The van der Waals surface area contributed by atoms with Crippen LogP contribution in [-0.4, -0.2) is 59.2 Å². The maximum absolute atomic E-state index is 13.3. The highest BCUT2D eigenvalue weighted by molar-refractivity contribution is 7.99. The van der Waals surface area contributed by atoms with Gasteiger partial charge in [-0.1, -0.05) is 11.8 Å². The van der Waals surface area contributed by atoms with E-state index in [2.05, 4.69) is 10.2 Å². The molecule has 0 saturated carbocycles. The molecule has 1 aliphatic heterocycles. The van der Waals surface area contributed by atoms with Gasteiger partial charge < -0.3 is 23.7 Å². The summed E-state index contributed by atoms with van der Waals surface area (Å²) in [5.74, 6) is 3.47. The van der Waals surface area contributed by atoms with E-state index in [0.29, 0.717) is 12.3 Å². The van der Waals surface area contributed by atoms with Crippen LogP contribution in [0.15, 0.2) is 47.6 Å². The molecule has 4 rings (SSSR count). The molecule has 0 aliphatic carbocycles. The Kier molecular flexibility index (Phi) is 7.62. The van der Waals surface area contributed by atoms with Crippen molar-refractivity contribution in [2.24, 2.45) is 0 Å². The van der Waals surface area contributed by atoms with Gasteiger partial charge in [-0.3, -0.25) is 4.79 Å². The highest BCUT2D eigenvalue weighted by Crippen LogP contribution is 2.39. The number of hydrogen-bond donors (Lipinski definition) is 0. The lowest BCUT2D eigenvalue weighted by atomic mass is 10.0. The number of aromatic nitrogens is 3. The normalized spacial score (nSPS) is 15.4. The number of carbonyl (C=O) groups is 1. The standard InChI is InChI=1S/C25H30N4O4S/c1-5-28-24(17-8-10-18(31-2)11-9-17)26-27-25(28)34-16-23(30)29-14-6-7-21(29)20-15-19(32-3)12-13-22(20)33-4/h8-13,15,21H,5-7,14,16H2,1-4H3. The van der Waals surface area contributed by atoms with Gasteiger partial charge in [0.2, 0.25) is 5.91 Å². The van der Waals surface area contributed by atoms with Crippen LogP contribution in [0.1, 0.15) is 31.4 Å². The monoisotopic (exact) mass is 482 g/mol. The van der Waals surface area contributed by atoms with E-state index in [0.717, 1.165) is 58.7 Å². The molecule has 34 heavy (non-hydrogen) atoms. The Labute approximate surface area is 204 Å². The zero-order valence-electron chi connectivity index (χ0n) is 20.0. The van der Waals surface area contributed by atoms with Crippen LogP contribution in [0.4, 0.5) is 0 Å². The van der Waals surface area contributed by atoms with Crippen LogP contribution in [0.2, 0.25) is 0 Å². The summed E-state index contributed by atoms with van der Waals surface area (Å²) in [5.41, 5.74) is 1.94. The number of nitrogens with zero attached hydrogens (tertiary/aromatic N) is 4. The zero-order chi connectivity index (χ0) is 24.1. The SMILES string of the molecule is CCn1c(SCC(=O)N2CCCC2c2cc(OC)ccc2OC)nnc1-c1ccc(OC)cc1. The third kappa shape index (κ3) is 4.84. The highest BCUT2D eigenvalue weighted by Gasteiger charge is 2.32. The maximum atomic E-state index is 13.3. The molecule has 1 amide bonds. The predicted molar refractivity (Wildman–Crippen MR) is 132 cm³/mol. The van der Waals surface area contributed by atoms with Crippen LogP contribution in [0.25, 0.3) is 11.4 Å². The molecule has 180 valence electrons. The summed E-state index contributed by atoms with van der Waals surface area (Å²) in [6, 6.07) is 13.4. The summed E-state index contributed by atoms with van der Waals surface area (Å²) in [6.45, 7) is 3.48. The van der Waals surface area contributed by atoms with Crippen molar-refractivity contribution in [2.75, 3.05) is 33.6 Å². The summed E-state index contributed by atoms with van der Waals surface area (Å²) < 4.78 is 18.3. The summed E-state index contributed by atoms with van der Waals surface area (Å²) in [7, 11) is 4.94. The van der Waals surface area contributed by atoms with Crippen molar-refractivity contribution >= 4 is 17.7 Å². The fourth-order valence-electron chi connectivity index (χ4n) is 4.33. The second-order valence-corrected chi connectivity index (χ2v) is 8.86. The zero-order valence-corrected chi connectivity index (χ0v) is 20.8. The Morgan fingerprint density at radius 3 is 2.44 bits per heavy atom. The number of methoxy groups -OCH3 is 3. The average Bonchev–Trinajstić information content (AvgIpc) is 3.54. The molecule has 0 spiro atoms. The molecular formula is C25H30N4O4S. The fourth-order valence-corrected chi connectivity index (χ4v) is 5.22. The molecule has 2 heterocycles. The number of benzene rings is 2. The number of rotatable bonds is 9. The molecule has 1 aliphatic rings. The summed E-state index contributed by atoms with van der Waals surface area (Å²) in [6.07, 6.45) is 1.85. The Hall–Kier alpha value is -3.20. The summed E-state index contributed by atoms with van der Waals surface area (Å²) >= 11 is 1.42. The Bertz CT molecular complexity index is 1130. The van der Waals surface area contributed by atoms with Gasteiger partial charge in [0.05, 0.1) is 33.1 Å². The molecule has 3 aromatic rings. The van der Waals surface area contributed by atoms with Gasteiger partial charge in [0, 0.05) is 24.2 Å². The fraction of sp³-hybridized carbons (Fsp3) is 0.400. The smallest absolute Gasteiger partial charge is 0.233 e. The van der Waals surface area contributed by atoms with Gasteiger partial charge in [0.25, 0.3) is 0 Å². The minimum absolute atomic E-state index is 0.0305. The van der Waals surface area contributed by atoms with Gasteiger partial charge in [-0.2, -0.15) is 0 Å². The maximum Gasteiger partial charge on any atom is 0.233 e. The van der Waals surface area contributed by atoms with Crippen molar-refractivity contribution in [3.8, 4) is 28.6 Å². The molecule has 1 atom stereocenters. The van der Waals surface area contributed by atoms with Crippen LogP contribution in [0, 0.1) is 0 Å². The van der Waals surface area contributed by atoms with Crippen molar-refractivity contribution in [2.45, 2.75) is 37.5 Å². The van der Waals surface area contributed by atoms with Crippen LogP contribution in [0.3, 0.4) is 0 Å². The van der Waals surface area contributed by atoms with E-state index in [-0.39, 0.29) is 11.9 Å². The van der Waals surface area contributed by atoms with E-state index in [1.165, 1.54) is 11.8 Å². The number of carbonyl (C=O) groups excluding carboxylic acids is 1. The van der Waals surface area contributed by atoms with E-state index in [4.69, 9.17) is 14.2 Å². The number of likely N-dealkylation sites (tertiary alicyclic amines) is 1. The number of thioether (sulfide) groups is 1. The van der Waals surface area contributed by atoms with Crippen molar-refractivity contribution < 1.29 is 19.0 Å². The average molecular weight is 483 g/mol. The van der Waals surface area contributed by atoms with Gasteiger partial charge in [-0.15, -0.1) is 10.2 Å². The molecule has 9 heteroatoms. The quantitative estimate of drug-likeness (QED) is 0.417. The molecular weight excluding hydrogens is 452 g/mol. The Morgan fingerprint density at radius 2 is 1.76 bits per heavy atom. The molecule has 0 radical (unpaired) electrons. The second-order valence-electron chi connectivity index (χ2n) is 7.92. The first-order valence-electron chi connectivity index (χ1n) is 11.3. The van der Waals surface area contributed by atoms with Crippen LogP contribution in [0.5, 0.6) is 17.2 Å². The minimum atomic E-state index is -0.0305. The lowest BCUT2D eigenvalue weighted by Crippen LogP contribution is -2.32. The molecule has 2 aromatic carbocycles. The molecule has 8 nitrogen and oxygen atoms in total. The molecule has 1 unspecified atom stereocenters. The van der Waals surface area contributed by atoms with Gasteiger partial charge in [0.15, 0.2) is 11.0 Å². The third-order valence-corrected chi connectivity index (χ3v) is 7.03. The molecule has 0 bridgehead atoms. The third-order valence-electron chi connectivity index (χ3n) is 6.08.